The minimum absolute atomic E-state index is 0.0244. The van der Waals surface area contributed by atoms with Gasteiger partial charge in [-0.2, -0.15) is 4.98 Å². The maximum absolute atomic E-state index is 13.5. The van der Waals surface area contributed by atoms with Crippen molar-refractivity contribution < 1.29 is 18.1 Å². The van der Waals surface area contributed by atoms with Crippen LogP contribution in [0.1, 0.15) is 28.0 Å². The number of benzene rings is 1. The molecule has 3 rings (SSSR count). The van der Waals surface area contributed by atoms with Gasteiger partial charge in [-0.15, -0.1) is 0 Å². The summed E-state index contributed by atoms with van der Waals surface area (Å²) >= 11 is 0. The van der Waals surface area contributed by atoms with E-state index in [1.165, 1.54) is 4.90 Å². The van der Waals surface area contributed by atoms with Crippen molar-refractivity contribution >= 4 is 5.91 Å². The van der Waals surface area contributed by atoms with E-state index >= 15 is 0 Å². The number of carbonyl (C=O) groups is 1. The molecule has 0 spiro atoms. The minimum Gasteiger partial charge on any atom is -0.339 e. The summed E-state index contributed by atoms with van der Waals surface area (Å²) < 4.78 is 31.3. The molecule has 5 nitrogen and oxygen atoms in total. The highest BCUT2D eigenvalue weighted by Gasteiger charge is 2.36. The Balaban J connectivity index is 1.69. The molecule has 0 aliphatic carbocycles. The summed E-state index contributed by atoms with van der Waals surface area (Å²) in [5.41, 5.74) is -0.133. The summed E-state index contributed by atoms with van der Waals surface area (Å²) in [5, 5.41) is 3.68. The molecule has 1 saturated heterocycles. The molecule has 0 atom stereocenters. The zero-order valence-corrected chi connectivity index (χ0v) is 10.6. The number of aromatic nitrogens is 2. The van der Waals surface area contributed by atoms with Crippen LogP contribution in [0.15, 0.2) is 22.7 Å². The lowest BCUT2D eigenvalue weighted by molar-refractivity contribution is 0.0564. The highest BCUT2D eigenvalue weighted by atomic mass is 19.1. The number of hydrogen-bond donors (Lipinski definition) is 0. The molecule has 104 valence electrons. The SMILES string of the molecule is Cc1noc(C2CN(C(=O)c3ccc(F)cc3F)C2)n1. The second-order valence-corrected chi connectivity index (χ2v) is 4.71. The van der Waals surface area contributed by atoms with Crippen LogP contribution in [0.4, 0.5) is 8.78 Å². The number of hydrogen-bond acceptors (Lipinski definition) is 4. The molecular formula is C13H11F2N3O2. The number of nitrogens with zero attached hydrogens (tertiary/aromatic N) is 3. The molecule has 0 radical (unpaired) electrons. The molecular weight excluding hydrogens is 268 g/mol. The Morgan fingerprint density at radius 1 is 1.40 bits per heavy atom. The molecule has 20 heavy (non-hydrogen) atoms. The lowest BCUT2D eigenvalue weighted by Gasteiger charge is -2.37. The molecule has 1 aliphatic rings. The number of carbonyl (C=O) groups excluding carboxylic acids is 1. The van der Waals surface area contributed by atoms with Crippen LogP contribution < -0.4 is 0 Å². The Kier molecular flexibility index (Phi) is 2.96. The van der Waals surface area contributed by atoms with Crippen molar-refractivity contribution in [3.63, 3.8) is 0 Å². The van der Waals surface area contributed by atoms with Crippen LogP contribution >= 0.6 is 0 Å². The molecule has 2 heterocycles. The zero-order valence-electron chi connectivity index (χ0n) is 10.6. The van der Waals surface area contributed by atoms with Gasteiger partial charge in [0.15, 0.2) is 5.82 Å². The quantitative estimate of drug-likeness (QED) is 0.842. The van der Waals surface area contributed by atoms with Crippen molar-refractivity contribution in [3.8, 4) is 0 Å². The van der Waals surface area contributed by atoms with E-state index in [9.17, 15) is 13.6 Å². The van der Waals surface area contributed by atoms with Crippen molar-refractivity contribution in [1.29, 1.82) is 0 Å². The summed E-state index contributed by atoms with van der Waals surface area (Å²) in [6, 6.07) is 2.91. The fourth-order valence-electron chi connectivity index (χ4n) is 2.11. The molecule has 1 aromatic carbocycles. The summed E-state index contributed by atoms with van der Waals surface area (Å²) in [4.78, 5) is 17.6. The monoisotopic (exact) mass is 279 g/mol. The average Bonchev–Trinajstić information content (AvgIpc) is 2.73. The van der Waals surface area contributed by atoms with Gasteiger partial charge in [0, 0.05) is 19.2 Å². The van der Waals surface area contributed by atoms with Gasteiger partial charge >= 0.3 is 0 Å². The van der Waals surface area contributed by atoms with Gasteiger partial charge in [0.2, 0.25) is 5.89 Å². The summed E-state index contributed by atoms with van der Waals surface area (Å²) in [5.74, 6) is -1.03. The van der Waals surface area contributed by atoms with E-state index in [0.717, 1.165) is 12.1 Å². The van der Waals surface area contributed by atoms with Crippen LogP contribution in [-0.4, -0.2) is 34.0 Å². The maximum atomic E-state index is 13.5. The molecule has 1 fully saturated rings. The number of halogens is 2. The van der Waals surface area contributed by atoms with Crippen LogP contribution in [0.3, 0.4) is 0 Å². The Morgan fingerprint density at radius 2 is 2.15 bits per heavy atom. The van der Waals surface area contributed by atoms with E-state index in [0.29, 0.717) is 30.9 Å². The number of aryl methyl sites for hydroxylation is 1. The smallest absolute Gasteiger partial charge is 0.256 e. The van der Waals surface area contributed by atoms with Crippen LogP contribution in [0.25, 0.3) is 0 Å². The summed E-state index contributed by atoms with van der Waals surface area (Å²) in [6.07, 6.45) is 0. The molecule has 7 heteroatoms. The van der Waals surface area contributed by atoms with Crippen LogP contribution in [-0.2, 0) is 0 Å². The highest BCUT2D eigenvalue weighted by molar-refractivity contribution is 5.95. The lowest BCUT2D eigenvalue weighted by atomic mass is 9.98. The number of amides is 1. The van der Waals surface area contributed by atoms with Crippen molar-refractivity contribution in [1.82, 2.24) is 15.0 Å². The summed E-state index contributed by atoms with van der Waals surface area (Å²) in [7, 11) is 0. The van der Waals surface area contributed by atoms with Gasteiger partial charge in [0.1, 0.15) is 11.6 Å². The highest BCUT2D eigenvalue weighted by Crippen LogP contribution is 2.27. The first kappa shape index (κ1) is 12.7. The Hall–Kier alpha value is -2.31. The fourth-order valence-corrected chi connectivity index (χ4v) is 2.11. The van der Waals surface area contributed by atoms with E-state index < -0.39 is 17.5 Å². The molecule has 0 unspecified atom stereocenters. The molecule has 1 aromatic heterocycles. The van der Waals surface area contributed by atoms with E-state index in [1.54, 1.807) is 6.92 Å². The van der Waals surface area contributed by atoms with Gasteiger partial charge < -0.3 is 9.42 Å². The predicted molar refractivity (Wildman–Crippen MR) is 64.0 cm³/mol. The molecule has 0 bridgehead atoms. The number of rotatable bonds is 2. The fraction of sp³-hybridized carbons (Fsp3) is 0.308. The Morgan fingerprint density at radius 3 is 2.75 bits per heavy atom. The zero-order chi connectivity index (χ0) is 14.3. The van der Waals surface area contributed by atoms with Crippen molar-refractivity contribution in [2.75, 3.05) is 13.1 Å². The second-order valence-electron chi connectivity index (χ2n) is 4.71. The van der Waals surface area contributed by atoms with Crippen molar-refractivity contribution in [2.24, 2.45) is 0 Å². The van der Waals surface area contributed by atoms with Crippen molar-refractivity contribution in [2.45, 2.75) is 12.8 Å². The minimum atomic E-state index is -0.855. The molecule has 0 saturated carbocycles. The van der Waals surface area contributed by atoms with E-state index in [1.807, 2.05) is 0 Å². The van der Waals surface area contributed by atoms with Crippen LogP contribution in [0.2, 0.25) is 0 Å². The average molecular weight is 279 g/mol. The molecule has 0 N–H and O–H groups in total. The van der Waals surface area contributed by atoms with Gasteiger partial charge in [-0.05, 0) is 19.1 Å². The van der Waals surface area contributed by atoms with E-state index in [4.69, 9.17) is 4.52 Å². The summed E-state index contributed by atoms with van der Waals surface area (Å²) in [6.45, 7) is 2.48. The first-order valence-electron chi connectivity index (χ1n) is 6.09. The van der Waals surface area contributed by atoms with Gasteiger partial charge in [0.05, 0.1) is 11.5 Å². The molecule has 1 amide bonds. The largest absolute Gasteiger partial charge is 0.339 e. The van der Waals surface area contributed by atoms with Gasteiger partial charge in [-0.1, -0.05) is 5.16 Å². The third-order valence-corrected chi connectivity index (χ3v) is 3.22. The molecule has 1 aliphatic heterocycles. The van der Waals surface area contributed by atoms with Crippen molar-refractivity contribution in [3.05, 3.63) is 47.1 Å². The van der Waals surface area contributed by atoms with E-state index in [2.05, 4.69) is 10.1 Å². The van der Waals surface area contributed by atoms with Crippen LogP contribution in [0.5, 0.6) is 0 Å². The maximum Gasteiger partial charge on any atom is 0.256 e. The predicted octanol–water partition coefficient (Wildman–Crippen LogP) is 1.90. The second kappa shape index (κ2) is 4.66. The third-order valence-electron chi connectivity index (χ3n) is 3.22. The Bertz CT molecular complexity index is 665. The molecule has 2 aromatic rings. The van der Waals surface area contributed by atoms with Gasteiger partial charge in [-0.3, -0.25) is 4.79 Å². The van der Waals surface area contributed by atoms with Gasteiger partial charge in [-0.25, -0.2) is 8.78 Å². The van der Waals surface area contributed by atoms with Crippen LogP contribution in [0, 0.1) is 18.6 Å². The topological polar surface area (TPSA) is 59.2 Å². The number of likely N-dealkylation sites (tertiary alicyclic amines) is 1. The lowest BCUT2D eigenvalue weighted by Crippen LogP contribution is -2.48. The standard InChI is InChI=1S/C13H11F2N3O2/c1-7-16-12(20-17-7)8-5-18(6-8)13(19)10-3-2-9(14)4-11(10)15/h2-4,8H,5-6H2,1H3. The first-order chi connectivity index (χ1) is 9.54. The first-order valence-corrected chi connectivity index (χ1v) is 6.09. The Labute approximate surface area is 113 Å². The van der Waals surface area contributed by atoms with Gasteiger partial charge in [0.25, 0.3) is 5.91 Å². The van der Waals surface area contributed by atoms with E-state index in [-0.39, 0.29) is 11.5 Å². The normalized spacial score (nSPS) is 15.2. The third kappa shape index (κ3) is 2.15.